The molecule has 6 heteroatoms. The number of nitrogens with zero attached hydrogens (tertiary/aromatic N) is 1. The van der Waals surface area contributed by atoms with E-state index in [2.05, 4.69) is 4.90 Å². The van der Waals surface area contributed by atoms with Gasteiger partial charge in [0.15, 0.2) is 0 Å². The standard InChI is InChI=1S/C13H20F3NO2/c1-12(11(18)19)6-7-17(8-12)10-4-2-9(3-5-10)13(14,15)16/h9-10H,2-8H2,1H3,(H,18,19). The Hall–Kier alpha value is -0.780. The number of likely N-dealkylation sites (tertiary alicyclic amines) is 1. The molecule has 1 saturated carbocycles. The lowest BCUT2D eigenvalue weighted by Crippen LogP contribution is -2.41. The molecule has 3 nitrogen and oxygen atoms in total. The van der Waals surface area contributed by atoms with Crippen molar-refractivity contribution < 1.29 is 23.1 Å². The Morgan fingerprint density at radius 3 is 2.26 bits per heavy atom. The first kappa shape index (κ1) is 14.6. The fourth-order valence-electron chi connectivity index (χ4n) is 3.25. The van der Waals surface area contributed by atoms with Crippen molar-refractivity contribution in [3.8, 4) is 0 Å². The highest BCUT2D eigenvalue weighted by Gasteiger charge is 2.46. The molecule has 1 atom stereocenters. The van der Waals surface area contributed by atoms with Crippen LogP contribution in [0.15, 0.2) is 0 Å². The van der Waals surface area contributed by atoms with Gasteiger partial charge in [-0.1, -0.05) is 0 Å². The van der Waals surface area contributed by atoms with Crippen LogP contribution in [-0.2, 0) is 4.79 Å². The lowest BCUT2D eigenvalue weighted by atomic mass is 9.84. The minimum atomic E-state index is -4.08. The maximum atomic E-state index is 12.6. The van der Waals surface area contributed by atoms with E-state index in [9.17, 15) is 18.0 Å². The fourth-order valence-corrected chi connectivity index (χ4v) is 3.25. The van der Waals surface area contributed by atoms with Gasteiger partial charge in [-0.3, -0.25) is 9.69 Å². The summed E-state index contributed by atoms with van der Waals surface area (Å²) in [6.45, 7) is 2.87. The van der Waals surface area contributed by atoms with Gasteiger partial charge in [0, 0.05) is 12.6 Å². The van der Waals surface area contributed by atoms with Crippen molar-refractivity contribution in [3.63, 3.8) is 0 Å². The van der Waals surface area contributed by atoms with Crippen LogP contribution in [0.3, 0.4) is 0 Å². The van der Waals surface area contributed by atoms with Gasteiger partial charge < -0.3 is 5.11 Å². The number of carbonyl (C=O) groups is 1. The maximum Gasteiger partial charge on any atom is 0.391 e. The molecule has 1 saturated heterocycles. The molecule has 110 valence electrons. The van der Waals surface area contributed by atoms with Gasteiger partial charge in [0.1, 0.15) is 0 Å². The van der Waals surface area contributed by atoms with Crippen LogP contribution in [-0.4, -0.2) is 41.3 Å². The van der Waals surface area contributed by atoms with Gasteiger partial charge in [0.25, 0.3) is 0 Å². The Morgan fingerprint density at radius 1 is 1.26 bits per heavy atom. The zero-order valence-corrected chi connectivity index (χ0v) is 11.0. The average Bonchev–Trinajstić information content (AvgIpc) is 2.72. The zero-order valence-electron chi connectivity index (χ0n) is 11.0. The highest BCUT2D eigenvalue weighted by atomic mass is 19.4. The summed E-state index contributed by atoms with van der Waals surface area (Å²) in [5.74, 6) is -1.98. The van der Waals surface area contributed by atoms with Crippen LogP contribution in [0.25, 0.3) is 0 Å². The van der Waals surface area contributed by atoms with Crippen molar-refractivity contribution in [1.82, 2.24) is 4.90 Å². The molecule has 2 rings (SSSR count). The summed E-state index contributed by atoms with van der Waals surface area (Å²) in [4.78, 5) is 13.2. The summed E-state index contributed by atoms with van der Waals surface area (Å²) in [5.41, 5.74) is -0.735. The number of hydrogen-bond donors (Lipinski definition) is 1. The number of halogens is 3. The number of carboxylic acids is 1. The summed E-state index contributed by atoms with van der Waals surface area (Å²) in [7, 11) is 0. The summed E-state index contributed by atoms with van der Waals surface area (Å²) >= 11 is 0. The third-order valence-electron chi connectivity index (χ3n) is 4.70. The summed E-state index contributed by atoms with van der Waals surface area (Å²) < 4.78 is 37.7. The molecule has 1 unspecified atom stereocenters. The molecule has 0 aromatic rings. The van der Waals surface area contributed by atoms with Crippen LogP contribution in [0.5, 0.6) is 0 Å². The van der Waals surface area contributed by atoms with Crippen molar-refractivity contribution in [2.45, 2.75) is 51.2 Å². The molecule has 0 aromatic heterocycles. The molecule has 0 radical (unpaired) electrons. The van der Waals surface area contributed by atoms with E-state index in [1.54, 1.807) is 6.92 Å². The average molecular weight is 279 g/mol. The molecule has 0 bridgehead atoms. The lowest BCUT2D eigenvalue weighted by Gasteiger charge is -2.35. The Morgan fingerprint density at radius 2 is 1.84 bits per heavy atom. The van der Waals surface area contributed by atoms with E-state index in [4.69, 9.17) is 5.11 Å². The number of carboxylic acid groups (broad SMARTS) is 1. The molecule has 1 aliphatic carbocycles. The van der Waals surface area contributed by atoms with Gasteiger partial charge in [0.2, 0.25) is 0 Å². The zero-order chi connectivity index (χ0) is 14.3. The molecule has 0 spiro atoms. The second kappa shape index (κ2) is 4.96. The molecule has 2 aliphatic rings. The number of alkyl halides is 3. The minimum absolute atomic E-state index is 0.125. The molecule has 1 N–H and O–H groups in total. The summed E-state index contributed by atoms with van der Waals surface area (Å²) in [5, 5.41) is 9.16. The first-order valence-corrected chi connectivity index (χ1v) is 6.76. The number of rotatable bonds is 2. The van der Waals surface area contributed by atoms with E-state index in [1.807, 2.05) is 0 Å². The first-order chi connectivity index (χ1) is 8.72. The van der Waals surface area contributed by atoms with E-state index in [-0.39, 0.29) is 18.9 Å². The highest BCUT2D eigenvalue weighted by molar-refractivity contribution is 5.74. The van der Waals surface area contributed by atoms with Crippen molar-refractivity contribution in [2.24, 2.45) is 11.3 Å². The normalized spacial score (nSPS) is 37.5. The lowest BCUT2D eigenvalue weighted by molar-refractivity contribution is -0.184. The van der Waals surface area contributed by atoms with Crippen molar-refractivity contribution in [2.75, 3.05) is 13.1 Å². The molecule has 0 amide bonds. The molecule has 2 fully saturated rings. The number of hydrogen-bond acceptors (Lipinski definition) is 2. The van der Waals surface area contributed by atoms with E-state index in [0.717, 1.165) is 0 Å². The predicted molar refractivity (Wildman–Crippen MR) is 63.7 cm³/mol. The van der Waals surface area contributed by atoms with Gasteiger partial charge >= 0.3 is 12.1 Å². The van der Waals surface area contributed by atoms with Crippen LogP contribution in [0.2, 0.25) is 0 Å². The topological polar surface area (TPSA) is 40.5 Å². The van der Waals surface area contributed by atoms with Gasteiger partial charge in [-0.05, 0) is 45.6 Å². The molecule has 1 aliphatic heterocycles. The smallest absolute Gasteiger partial charge is 0.391 e. The first-order valence-electron chi connectivity index (χ1n) is 6.76. The summed E-state index contributed by atoms with van der Waals surface area (Å²) in [6.07, 6.45) is -2.09. The van der Waals surface area contributed by atoms with Crippen molar-refractivity contribution in [1.29, 1.82) is 0 Å². The van der Waals surface area contributed by atoms with Gasteiger partial charge in [-0.2, -0.15) is 13.2 Å². The molecule has 1 heterocycles. The molecular formula is C13H20F3NO2. The number of aliphatic carboxylic acids is 1. The van der Waals surface area contributed by atoms with E-state index < -0.39 is 23.5 Å². The van der Waals surface area contributed by atoms with Crippen LogP contribution < -0.4 is 0 Å². The van der Waals surface area contributed by atoms with Gasteiger partial charge in [-0.15, -0.1) is 0 Å². The van der Waals surface area contributed by atoms with Crippen LogP contribution in [0, 0.1) is 11.3 Å². The van der Waals surface area contributed by atoms with Gasteiger partial charge in [0.05, 0.1) is 11.3 Å². The van der Waals surface area contributed by atoms with E-state index in [1.165, 1.54) is 0 Å². The second-order valence-corrected chi connectivity index (χ2v) is 6.13. The quantitative estimate of drug-likeness (QED) is 0.845. The Kier molecular flexibility index (Phi) is 3.82. The molecular weight excluding hydrogens is 259 g/mol. The Bertz CT molecular complexity index is 350. The van der Waals surface area contributed by atoms with E-state index >= 15 is 0 Å². The monoisotopic (exact) mass is 279 g/mol. The van der Waals surface area contributed by atoms with Crippen LogP contribution in [0.1, 0.15) is 39.0 Å². The van der Waals surface area contributed by atoms with Crippen LogP contribution >= 0.6 is 0 Å². The second-order valence-electron chi connectivity index (χ2n) is 6.13. The fraction of sp³-hybridized carbons (Fsp3) is 0.923. The van der Waals surface area contributed by atoms with E-state index in [0.29, 0.717) is 32.4 Å². The molecule has 0 aromatic carbocycles. The summed E-state index contributed by atoms with van der Waals surface area (Å²) in [6, 6.07) is 0.125. The Labute approximate surface area is 110 Å². The van der Waals surface area contributed by atoms with Gasteiger partial charge in [-0.25, -0.2) is 0 Å². The predicted octanol–water partition coefficient (Wildman–Crippen LogP) is 2.90. The SMILES string of the molecule is CC1(C(=O)O)CCN(C2CCC(C(F)(F)F)CC2)C1. The van der Waals surface area contributed by atoms with Crippen LogP contribution in [0.4, 0.5) is 13.2 Å². The van der Waals surface area contributed by atoms with Crippen molar-refractivity contribution >= 4 is 5.97 Å². The Balaban J connectivity index is 1.88. The molecule has 19 heavy (non-hydrogen) atoms. The largest absolute Gasteiger partial charge is 0.481 e. The maximum absolute atomic E-state index is 12.6. The van der Waals surface area contributed by atoms with Crippen molar-refractivity contribution in [3.05, 3.63) is 0 Å². The third-order valence-corrected chi connectivity index (χ3v) is 4.70. The highest BCUT2D eigenvalue weighted by Crippen LogP contribution is 2.41. The minimum Gasteiger partial charge on any atom is -0.481 e. The third kappa shape index (κ3) is 3.04.